The first-order valence-corrected chi connectivity index (χ1v) is 9.52. The van der Waals surface area contributed by atoms with E-state index in [-0.39, 0.29) is 11.3 Å². The molecule has 0 aliphatic carbocycles. The Balaban J connectivity index is 0. The second kappa shape index (κ2) is 11.0. The number of aliphatic hydroxyl groups is 1. The normalized spacial score (nSPS) is 9.90. The maximum absolute atomic E-state index is 11.2. The third-order valence-corrected chi connectivity index (χ3v) is 2.91. The molecule has 0 aromatic heterocycles. The first kappa shape index (κ1) is 21.6. The molecule has 0 amide bonds. The molecule has 0 spiro atoms. The van der Waals surface area contributed by atoms with E-state index in [4.69, 9.17) is 14.4 Å². The van der Waals surface area contributed by atoms with Crippen molar-refractivity contribution in [2.45, 2.75) is 11.3 Å². The molecule has 0 fully saturated rings. The average Bonchev–Trinajstić information content (AvgIpc) is 2.29. The molecule has 20 heavy (non-hydrogen) atoms. The van der Waals surface area contributed by atoms with Gasteiger partial charge in [-0.25, -0.2) is 12.6 Å². The number of carbonyl (C=O) groups is 1. The largest absolute Gasteiger partial charge is 0.481 e. The number of carboxylic acids is 1. The van der Waals surface area contributed by atoms with Crippen LogP contribution in [0.3, 0.4) is 0 Å². The van der Waals surface area contributed by atoms with Crippen LogP contribution >= 0.6 is 21.4 Å². The minimum absolute atomic E-state index is 0.0856. The number of aliphatic hydroxyl groups excluding tert-OH is 1. The maximum atomic E-state index is 11.2. The molecule has 10 heteroatoms. The van der Waals surface area contributed by atoms with E-state index in [1.54, 1.807) is 12.1 Å². The van der Waals surface area contributed by atoms with Gasteiger partial charge in [0.25, 0.3) is 0 Å². The lowest BCUT2D eigenvalue weighted by atomic mass is 10.1. The molecule has 0 aliphatic rings. The van der Waals surface area contributed by atoms with Crippen LogP contribution in [0.1, 0.15) is 5.56 Å². The van der Waals surface area contributed by atoms with Crippen molar-refractivity contribution < 1.29 is 27.6 Å². The van der Waals surface area contributed by atoms with Gasteiger partial charge in [-0.2, -0.15) is 0 Å². The van der Waals surface area contributed by atoms with Gasteiger partial charge in [0.05, 0.1) is 11.3 Å². The van der Waals surface area contributed by atoms with Gasteiger partial charge in [-0.15, -0.1) is 0 Å². The van der Waals surface area contributed by atoms with Crippen LogP contribution in [0.15, 0.2) is 29.2 Å². The molecule has 0 saturated heterocycles. The van der Waals surface area contributed by atoms with Gasteiger partial charge < -0.3 is 10.2 Å². The Morgan fingerprint density at radius 2 is 1.65 bits per heavy atom. The van der Waals surface area contributed by atoms with Gasteiger partial charge in [0.2, 0.25) is 9.23 Å². The lowest BCUT2D eigenvalue weighted by Crippen LogP contribution is -2.07. The Bertz CT molecular complexity index is 540. The summed E-state index contributed by atoms with van der Waals surface area (Å²) in [5.74, 6) is -1.04. The first-order valence-electron chi connectivity index (χ1n) is 4.83. The smallest absolute Gasteiger partial charge is 0.307 e. The highest BCUT2D eigenvalue weighted by atomic mass is 36.0. The summed E-state index contributed by atoms with van der Waals surface area (Å²) in [4.78, 5) is 10.5. The Morgan fingerprint density at radius 3 is 2.00 bits per heavy atom. The van der Waals surface area contributed by atoms with Crippen molar-refractivity contribution in [3.63, 3.8) is 0 Å². The molecule has 0 unspecified atom stereocenters. The summed E-state index contributed by atoms with van der Waals surface area (Å²) >= 11 is 0. The Kier molecular flexibility index (Phi) is 11.9. The zero-order chi connectivity index (χ0) is 16.3. The molecule has 0 aliphatic heterocycles. The quantitative estimate of drug-likeness (QED) is 0.783. The monoisotopic (exact) mass is 364 g/mol. The zero-order valence-electron chi connectivity index (χ0n) is 10.6. The fourth-order valence-electron chi connectivity index (χ4n) is 1.17. The number of aliphatic carboxylic acids is 1. The number of halogens is 2. The van der Waals surface area contributed by atoms with Gasteiger partial charge >= 0.3 is 5.97 Å². The minimum atomic E-state index is -3.34. The first-order chi connectivity index (χ1) is 9.14. The van der Waals surface area contributed by atoms with Gasteiger partial charge in [0.15, 0.2) is 9.84 Å². The summed E-state index contributed by atoms with van der Waals surface area (Å²) in [5, 5.41) is 15.6. The third-order valence-electron chi connectivity index (χ3n) is 1.71. The topological polar surface area (TPSA) is 109 Å². The summed E-state index contributed by atoms with van der Waals surface area (Å²) in [5.41, 5.74) is 0.322. The van der Waals surface area contributed by atoms with Crippen LogP contribution in [0.25, 0.3) is 0 Å². The van der Waals surface area contributed by atoms with Crippen molar-refractivity contribution in [3.8, 4) is 0 Å². The summed E-state index contributed by atoms with van der Waals surface area (Å²) in [7, 11) is 5.02. The number of benzene rings is 1. The number of carboxylic acid groups (broad SMARTS) is 1. The minimum Gasteiger partial charge on any atom is -0.481 e. The summed E-state index contributed by atoms with van der Waals surface area (Å²) in [6, 6.07) is 6.10. The van der Waals surface area contributed by atoms with Crippen LogP contribution in [0.4, 0.5) is 0 Å². The van der Waals surface area contributed by atoms with Gasteiger partial charge in [-0.05, 0) is 11.6 Å². The lowest BCUT2D eigenvalue weighted by Gasteiger charge is -2.04. The summed E-state index contributed by atoms with van der Waals surface area (Å²) in [6.07, 6.45) is 0.789. The van der Waals surface area contributed by atoms with Crippen LogP contribution in [0, 0.1) is 0 Å². The van der Waals surface area contributed by atoms with E-state index in [0.717, 1.165) is 13.4 Å². The van der Waals surface area contributed by atoms with Crippen molar-refractivity contribution >= 4 is 46.4 Å². The zero-order valence-corrected chi connectivity index (χ0v) is 13.8. The highest BCUT2D eigenvalue weighted by Crippen LogP contribution is 2.15. The van der Waals surface area contributed by atoms with Gasteiger partial charge in [-0.3, -0.25) is 4.79 Å². The van der Waals surface area contributed by atoms with E-state index >= 15 is 0 Å². The fourth-order valence-corrected chi connectivity index (χ4v) is 2.12. The number of hydrogen-bond donors (Lipinski definition) is 2. The van der Waals surface area contributed by atoms with E-state index in [9.17, 15) is 13.2 Å². The van der Waals surface area contributed by atoms with E-state index < -0.39 is 25.0 Å². The molecule has 0 atom stereocenters. The Morgan fingerprint density at radius 1 is 1.25 bits per heavy atom. The van der Waals surface area contributed by atoms with Crippen molar-refractivity contribution in [2.24, 2.45) is 0 Å². The van der Waals surface area contributed by atoms with E-state index in [1.165, 1.54) is 12.1 Å². The molecule has 6 nitrogen and oxygen atoms in total. The average molecular weight is 365 g/mol. The molecule has 2 N–H and O–H groups in total. The molecule has 0 bridgehead atoms. The lowest BCUT2D eigenvalue weighted by molar-refractivity contribution is -0.136. The molecule has 0 heterocycles. The van der Waals surface area contributed by atoms with Gasteiger partial charge in [0, 0.05) is 34.7 Å². The molecular formula is C10H14Cl2O6S2. The number of sulfone groups is 1. The Labute approximate surface area is 128 Å². The van der Waals surface area contributed by atoms with Gasteiger partial charge in [-0.1, -0.05) is 18.2 Å². The van der Waals surface area contributed by atoms with Crippen molar-refractivity contribution in [1.29, 1.82) is 0 Å². The predicted octanol–water partition coefficient (Wildman–Crippen LogP) is 1.37. The van der Waals surface area contributed by atoms with E-state index in [0.29, 0.717) is 5.56 Å². The van der Waals surface area contributed by atoms with E-state index in [2.05, 4.69) is 21.4 Å². The molecule has 1 aromatic rings. The van der Waals surface area contributed by atoms with Crippen molar-refractivity contribution in [3.05, 3.63) is 29.8 Å². The van der Waals surface area contributed by atoms with Crippen molar-refractivity contribution in [1.82, 2.24) is 0 Å². The van der Waals surface area contributed by atoms with Crippen LogP contribution in [-0.4, -0.2) is 42.2 Å². The van der Waals surface area contributed by atoms with Crippen LogP contribution in [-0.2, 0) is 30.3 Å². The molecule has 0 saturated carbocycles. The fraction of sp³-hybridized carbons (Fsp3) is 0.300. The second-order valence-electron chi connectivity index (χ2n) is 3.13. The molecule has 116 valence electrons. The van der Waals surface area contributed by atoms with Crippen LogP contribution in [0.5, 0.6) is 0 Å². The number of hydrogen-bond acceptors (Lipinski definition) is 5. The maximum Gasteiger partial charge on any atom is 0.307 e. The molecule has 1 rings (SSSR count). The molecular weight excluding hydrogens is 351 g/mol. The van der Waals surface area contributed by atoms with Crippen LogP contribution in [0.2, 0.25) is 0 Å². The second-order valence-corrected chi connectivity index (χ2v) is 7.64. The summed E-state index contributed by atoms with van der Waals surface area (Å²) < 4.78 is 31.6. The van der Waals surface area contributed by atoms with E-state index in [1.807, 2.05) is 0 Å². The molecule has 1 aromatic carbocycles. The van der Waals surface area contributed by atoms with Crippen molar-refractivity contribution in [2.75, 3.05) is 13.4 Å². The van der Waals surface area contributed by atoms with Crippen LogP contribution < -0.4 is 0 Å². The highest BCUT2D eigenvalue weighted by molar-refractivity contribution is 8.26. The SMILES string of the molecule is CO.CS(=O)(=O)c1ccccc1CC(=O)O.O=S(Cl)Cl. The number of rotatable bonds is 3. The molecule has 0 radical (unpaired) electrons. The predicted molar refractivity (Wildman–Crippen MR) is 78.9 cm³/mol. The van der Waals surface area contributed by atoms with Gasteiger partial charge in [0.1, 0.15) is 0 Å². The Hall–Kier alpha value is -0.670. The highest BCUT2D eigenvalue weighted by Gasteiger charge is 2.13. The summed E-state index contributed by atoms with van der Waals surface area (Å²) in [6.45, 7) is 0. The third kappa shape index (κ3) is 11.2. The standard InChI is InChI=1S/C9H10O4S.CH4O.Cl2OS/c1-14(12,13)8-5-3-2-4-7(8)6-9(10)11;1-2;1-4(2)3/h2-5H,6H2,1H3,(H,10,11);2H,1H3;.